The molecular formula is C19H14ClN5O2S. The highest BCUT2D eigenvalue weighted by Crippen LogP contribution is 2.27. The van der Waals surface area contributed by atoms with Crippen molar-refractivity contribution in [3.05, 3.63) is 70.0 Å². The smallest absolute Gasteiger partial charge is 0.273 e. The third kappa shape index (κ3) is 3.51. The molecule has 0 aliphatic carbocycles. The molecule has 1 N–H and O–H groups in total. The number of benzene rings is 1. The molecule has 9 heteroatoms. The molecule has 0 saturated heterocycles. The first kappa shape index (κ1) is 18.3. The number of carbonyl (C=O) groups is 1. The summed E-state index contributed by atoms with van der Waals surface area (Å²) in [6, 6.07) is 10.4. The van der Waals surface area contributed by atoms with Gasteiger partial charge in [0.05, 0.1) is 0 Å². The van der Waals surface area contributed by atoms with Crippen molar-refractivity contribution in [2.45, 2.75) is 13.5 Å². The topological polar surface area (TPSA) is 89.8 Å². The lowest BCUT2D eigenvalue weighted by molar-refractivity contribution is -0.116. The minimum Gasteiger partial charge on any atom is -0.324 e. The van der Waals surface area contributed by atoms with Gasteiger partial charge in [0.1, 0.15) is 28.3 Å². The van der Waals surface area contributed by atoms with Gasteiger partial charge in [0.2, 0.25) is 5.91 Å². The number of hydrogen-bond donors (Lipinski definition) is 1. The van der Waals surface area contributed by atoms with Gasteiger partial charge in [-0.15, -0.1) is 0 Å². The first-order valence-electron chi connectivity index (χ1n) is 8.35. The Balaban J connectivity index is 1.67. The predicted molar refractivity (Wildman–Crippen MR) is 110 cm³/mol. The van der Waals surface area contributed by atoms with Gasteiger partial charge in [-0.2, -0.15) is 4.37 Å². The zero-order valence-electron chi connectivity index (χ0n) is 14.7. The van der Waals surface area contributed by atoms with Gasteiger partial charge in [-0.1, -0.05) is 17.7 Å². The van der Waals surface area contributed by atoms with Crippen LogP contribution in [0.25, 0.3) is 21.5 Å². The number of amides is 1. The lowest BCUT2D eigenvalue weighted by Gasteiger charge is -2.10. The molecule has 3 aromatic heterocycles. The summed E-state index contributed by atoms with van der Waals surface area (Å²) in [5.74, 6) is 0.0988. The highest BCUT2D eigenvalue weighted by molar-refractivity contribution is 7.13. The summed E-state index contributed by atoms with van der Waals surface area (Å²) in [4.78, 5) is 33.8. The van der Waals surface area contributed by atoms with Crippen LogP contribution in [0.4, 0.5) is 5.69 Å². The number of carbonyl (C=O) groups excluding carboxylic acids is 1. The van der Waals surface area contributed by atoms with Crippen LogP contribution in [0.5, 0.6) is 0 Å². The van der Waals surface area contributed by atoms with Gasteiger partial charge in [-0.3, -0.25) is 19.1 Å². The summed E-state index contributed by atoms with van der Waals surface area (Å²) in [5, 5.41) is 3.25. The van der Waals surface area contributed by atoms with Crippen molar-refractivity contribution in [1.82, 2.24) is 18.9 Å². The number of aromatic nitrogens is 4. The van der Waals surface area contributed by atoms with Crippen LogP contribution in [-0.4, -0.2) is 24.8 Å². The molecule has 28 heavy (non-hydrogen) atoms. The molecule has 4 rings (SSSR count). The number of rotatable bonds is 4. The number of hydrogen-bond acceptors (Lipinski definition) is 6. The Hall–Kier alpha value is -3.10. The Bertz CT molecular complexity index is 1240. The zero-order valence-corrected chi connectivity index (χ0v) is 16.3. The maximum atomic E-state index is 12.9. The van der Waals surface area contributed by atoms with Gasteiger partial charge >= 0.3 is 0 Å². The monoisotopic (exact) mass is 411 g/mol. The van der Waals surface area contributed by atoms with Crippen LogP contribution in [0.2, 0.25) is 5.02 Å². The van der Waals surface area contributed by atoms with Crippen molar-refractivity contribution >= 4 is 44.9 Å². The summed E-state index contributed by atoms with van der Waals surface area (Å²) in [7, 11) is 0. The summed E-state index contributed by atoms with van der Waals surface area (Å²) >= 11 is 7.01. The van der Waals surface area contributed by atoms with E-state index in [0.29, 0.717) is 32.4 Å². The maximum Gasteiger partial charge on any atom is 0.273 e. The Morgan fingerprint density at radius 2 is 2.04 bits per heavy atom. The van der Waals surface area contributed by atoms with Crippen molar-refractivity contribution in [2.24, 2.45) is 0 Å². The Morgan fingerprint density at radius 3 is 2.79 bits per heavy atom. The maximum absolute atomic E-state index is 12.9. The Labute approximate surface area is 168 Å². The van der Waals surface area contributed by atoms with Crippen LogP contribution >= 0.6 is 23.1 Å². The van der Waals surface area contributed by atoms with Gasteiger partial charge in [0.25, 0.3) is 5.56 Å². The fraction of sp³-hybridized carbons (Fsp3) is 0.105. The Kier molecular flexibility index (Phi) is 4.89. The van der Waals surface area contributed by atoms with E-state index < -0.39 is 0 Å². The quantitative estimate of drug-likeness (QED) is 0.555. The molecule has 1 aromatic carbocycles. The second-order valence-electron chi connectivity index (χ2n) is 6.05. The molecule has 4 aromatic rings. The Morgan fingerprint density at radius 1 is 1.25 bits per heavy atom. The highest BCUT2D eigenvalue weighted by atomic mass is 35.5. The van der Waals surface area contributed by atoms with Crippen LogP contribution in [0.3, 0.4) is 0 Å². The molecule has 0 aliphatic heterocycles. The van der Waals surface area contributed by atoms with Gasteiger partial charge in [0, 0.05) is 28.7 Å². The van der Waals surface area contributed by atoms with Gasteiger partial charge in [0.15, 0.2) is 0 Å². The molecule has 1 amide bonds. The van der Waals surface area contributed by atoms with Crippen LogP contribution in [0, 0.1) is 6.92 Å². The van der Waals surface area contributed by atoms with E-state index >= 15 is 0 Å². The SMILES string of the molecule is Cc1nc2c(-c3ccncc3)nsc2c(=O)n1CC(=O)Nc1cccc(Cl)c1. The third-order valence-corrected chi connectivity index (χ3v) is 5.19. The summed E-state index contributed by atoms with van der Waals surface area (Å²) < 4.78 is 6.14. The van der Waals surface area contributed by atoms with Crippen molar-refractivity contribution in [2.75, 3.05) is 5.32 Å². The number of pyridine rings is 1. The second-order valence-corrected chi connectivity index (χ2v) is 7.26. The van der Waals surface area contributed by atoms with Crippen molar-refractivity contribution in [3.8, 4) is 11.3 Å². The number of halogens is 1. The third-order valence-electron chi connectivity index (χ3n) is 4.14. The van der Waals surface area contributed by atoms with Crippen molar-refractivity contribution in [1.29, 1.82) is 0 Å². The molecule has 0 saturated carbocycles. The first-order chi connectivity index (χ1) is 13.5. The molecule has 0 radical (unpaired) electrons. The fourth-order valence-electron chi connectivity index (χ4n) is 2.82. The lowest BCUT2D eigenvalue weighted by atomic mass is 10.2. The van der Waals surface area contributed by atoms with E-state index in [2.05, 4.69) is 19.7 Å². The van der Waals surface area contributed by atoms with E-state index in [-0.39, 0.29) is 18.0 Å². The molecule has 0 aliphatic rings. The van der Waals surface area contributed by atoms with Crippen molar-refractivity contribution in [3.63, 3.8) is 0 Å². The van der Waals surface area contributed by atoms with Gasteiger partial charge < -0.3 is 5.32 Å². The standard InChI is InChI=1S/C19H14ClN5O2S/c1-11-22-17-16(12-5-7-21-8-6-12)24-28-18(17)19(27)25(11)10-15(26)23-14-4-2-3-13(20)9-14/h2-9H,10H2,1H3,(H,23,26). The first-order valence-corrected chi connectivity index (χ1v) is 9.50. The fourth-order valence-corrected chi connectivity index (χ4v) is 3.80. The second kappa shape index (κ2) is 7.49. The van der Waals surface area contributed by atoms with Crippen LogP contribution in [0.15, 0.2) is 53.6 Å². The molecule has 0 spiro atoms. The van der Waals surface area contributed by atoms with E-state index in [0.717, 1.165) is 17.1 Å². The molecule has 7 nitrogen and oxygen atoms in total. The predicted octanol–water partition coefficient (Wildman–Crippen LogP) is 3.52. The summed E-state index contributed by atoms with van der Waals surface area (Å²) in [5.41, 5.74) is 2.28. The number of nitrogens with one attached hydrogen (secondary N) is 1. The average Bonchev–Trinajstić information content (AvgIpc) is 3.09. The van der Waals surface area contributed by atoms with Crippen LogP contribution < -0.4 is 10.9 Å². The van der Waals surface area contributed by atoms with Crippen LogP contribution in [-0.2, 0) is 11.3 Å². The van der Waals surface area contributed by atoms with E-state index in [1.165, 1.54) is 4.57 Å². The molecule has 140 valence electrons. The molecule has 0 unspecified atom stereocenters. The van der Waals surface area contributed by atoms with Gasteiger partial charge in [-0.25, -0.2) is 4.98 Å². The molecule has 0 atom stereocenters. The van der Waals surface area contributed by atoms with Crippen molar-refractivity contribution < 1.29 is 4.79 Å². The lowest BCUT2D eigenvalue weighted by Crippen LogP contribution is -2.29. The zero-order chi connectivity index (χ0) is 19.7. The van der Waals surface area contributed by atoms with E-state index in [1.807, 2.05) is 12.1 Å². The molecular weight excluding hydrogens is 398 g/mol. The highest BCUT2D eigenvalue weighted by Gasteiger charge is 2.18. The minimum atomic E-state index is -0.340. The molecule has 3 heterocycles. The number of anilines is 1. The van der Waals surface area contributed by atoms with E-state index in [4.69, 9.17) is 11.6 Å². The normalized spacial score (nSPS) is 10.9. The summed E-state index contributed by atoms with van der Waals surface area (Å²) in [6.45, 7) is 1.55. The van der Waals surface area contributed by atoms with Crippen LogP contribution in [0.1, 0.15) is 5.82 Å². The van der Waals surface area contributed by atoms with Gasteiger partial charge in [-0.05, 0) is 48.8 Å². The minimum absolute atomic E-state index is 0.150. The number of aryl methyl sites for hydroxylation is 1. The number of fused-ring (bicyclic) bond motifs is 1. The average molecular weight is 412 g/mol. The summed E-state index contributed by atoms with van der Waals surface area (Å²) in [6.07, 6.45) is 3.32. The molecule has 0 bridgehead atoms. The van der Waals surface area contributed by atoms with E-state index in [1.54, 1.807) is 43.6 Å². The molecule has 0 fully saturated rings. The number of nitrogens with zero attached hydrogens (tertiary/aromatic N) is 4. The largest absolute Gasteiger partial charge is 0.324 e. The van der Waals surface area contributed by atoms with E-state index in [9.17, 15) is 9.59 Å².